The van der Waals surface area contributed by atoms with E-state index in [1.165, 1.54) is 11.8 Å². The van der Waals surface area contributed by atoms with Gasteiger partial charge in [0.1, 0.15) is 17.3 Å². The Balaban J connectivity index is 1.47. The molecule has 0 fully saturated rings. The topological polar surface area (TPSA) is 81.6 Å². The van der Waals surface area contributed by atoms with E-state index in [4.69, 9.17) is 13.6 Å². The van der Waals surface area contributed by atoms with E-state index in [2.05, 4.69) is 10.2 Å². The third-order valence-electron chi connectivity index (χ3n) is 4.08. The number of rotatable bonds is 8. The summed E-state index contributed by atoms with van der Waals surface area (Å²) in [5.41, 5.74) is 2.16. The van der Waals surface area contributed by atoms with Crippen LogP contribution in [0.5, 0.6) is 5.75 Å². The lowest BCUT2D eigenvalue weighted by molar-refractivity contribution is -0.127. The smallest absolute Gasteiger partial charge is 0.277 e. The molecule has 2 heterocycles. The molecule has 0 radical (unpaired) electrons. The molecule has 0 bridgehead atoms. The molecule has 0 aliphatic carbocycles. The Kier molecular flexibility index (Phi) is 6.41. The lowest BCUT2D eigenvalue weighted by atomic mass is 10.1. The molecular weight excluding hydrogens is 378 g/mol. The first-order valence-electron chi connectivity index (χ1n) is 8.85. The number of aryl methyl sites for hydroxylation is 3. The van der Waals surface area contributed by atoms with Gasteiger partial charge in [-0.25, -0.2) is 0 Å². The SMILES string of the molecule is Cc1ccc(C)c(OCc2nnc(SCC(=O)N(C)Cc3ccc(C)o3)o2)c1. The number of thioether (sulfide) groups is 1. The second-order valence-corrected chi connectivity index (χ2v) is 7.50. The number of furan rings is 1. The molecule has 8 heteroatoms. The number of carbonyl (C=O) groups excluding carboxylic acids is 1. The second kappa shape index (κ2) is 8.97. The first-order chi connectivity index (χ1) is 13.4. The van der Waals surface area contributed by atoms with Crippen LogP contribution in [-0.4, -0.2) is 33.8 Å². The predicted octanol–water partition coefficient (Wildman–Crippen LogP) is 3.92. The van der Waals surface area contributed by atoms with Crippen LogP contribution in [0, 0.1) is 20.8 Å². The van der Waals surface area contributed by atoms with E-state index in [9.17, 15) is 4.79 Å². The van der Waals surface area contributed by atoms with Crippen molar-refractivity contribution in [3.8, 4) is 5.75 Å². The van der Waals surface area contributed by atoms with Crippen LogP contribution in [0.4, 0.5) is 0 Å². The molecular formula is C20H23N3O4S. The lowest BCUT2D eigenvalue weighted by Crippen LogP contribution is -2.27. The maximum atomic E-state index is 12.3. The second-order valence-electron chi connectivity index (χ2n) is 6.57. The predicted molar refractivity (Wildman–Crippen MR) is 105 cm³/mol. The molecule has 0 aliphatic rings. The van der Waals surface area contributed by atoms with Crippen molar-refractivity contribution in [3.05, 3.63) is 58.9 Å². The summed E-state index contributed by atoms with van der Waals surface area (Å²) in [4.78, 5) is 13.9. The number of nitrogens with zero attached hydrogens (tertiary/aromatic N) is 3. The van der Waals surface area contributed by atoms with Crippen molar-refractivity contribution in [2.24, 2.45) is 0 Å². The average molecular weight is 401 g/mol. The highest BCUT2D eigenvalue weighted by atomic mass is 32.2. The van der Waals surface area contributed by atoms with Gasteiger partial charge in [-0.15, -0.1) is 10.2 Å². The van der Waals surface area contributed by atoms with E-state index in [1.807, 2.05) is 51.1 Å². The summed E-state index contributed by atoms with van der Waals surface area (Å²) in [6, 6.07) is 9.75. The molecule has 2 aromatic heterocycles. The Hall–Kier alpha value is -2.74. The van der Waals surface area contributed by atoms with Gasteiger partial charge >= 0.3 is 0 Å². The van der Waals surface area contributed by atoms with Crippen LogP contribution in [-0.2, 0) is 17.9 Å². The molecule has 3 aromatic rings. The van der Waals surface area contributed by atoms with Crippen molar-refractivity contribution >= 4 is 17.7 Å². The first-order valence-corrected chi connectivity index (χ1v) is 9.84. The van der Waals surface area contributed by atoms with Crippen LogP contribution in [0.2, 0.25) is 0 Å². The summed E-state index contributed by atoms with van der Waals surface area (Å²) >= 11 is 1.20. The van der Waals surface area contributed by atoms with Crippen molar-refractivity contribution in [1.29, 1.82) is 0 Å². The average Bonchev–Trinajstić information content (AvgIpc) is 3.29. The zero-order valence-electron chi connectivity index (χ0n) is 16.4. The third-order valence-corrected chi connectivity index (χ3v) is 4.88. The van der Waals surface area contributed by atoms with E-state index < -0.39 is 0 Å². The van der Waals surface area contributed by atoms with E-state index >= 15 is 0 Å². The van der Waals surface area contributed by atoms with Crippen molar-refractivity contribution in [2.45, 2.75) is 39.1 Å². The molecule has 148 valence electrons. The first kappa shape index (κ1) is 20.0. The molecule has 1 aromatic carbocycles. The molecule has 0 N–H and O–H groups in total. The fraction of sp³-hybridized carbons (Fsp3) is 0.350. The largest absolute Gasteiger partial charge is 0.484 e. The van der Waals surface area contributed by atoms with Gasteiger partial charge in [-0.2, -0.15) is 0 Å². The van der Waals surface area contributed by atoms with Gasteiger partial charge in [0.2, 0.25) is 5.91 Å². The molecule has 1 amide bonds. The minimum atomic E-state index is -0.0505. The highest BCUT2D eigenvalue weighted by molar-refractivity contribution is 7.99. The fourth-order valence-corrected chi connectivity index (χ4v) is 3.20. The number of aromatic nitrogens is 2. The van der Waals surface area contributed by atoms with E-state index in [-0.39, 0.29) is 18.3 Å². The highest BCUT2D eigenvalue weighted by Crippen LogP contribution is 2.22. The summed E-state index contributed by atoms with van der Waals surface area (Å²) in [6.45, 7) is 6.47. The van der Waals surface area contributed by atoms with Crippen LogP contribution in [0.15, 0.2) is 44.4 Å². The third kappa shape index (κ3) is 5.39. The fourth-order valence-electron chi connectivity index (χ4n) is 2.48. The number of carbonyl (C=O) groups is 1. The minimum absolute atomic E-state index is 0.0505. The summed E-state index contributed by atoms with van der Waals surface area (Å²) in [7, 11) is 1.73. The molecule has 0 saturated heterocycles. The Labute approximate surface area is 168 Å². The van der Waals surface area contributed by atoms with Crippen molar-refractivity contribution in [3.63, 3.8) is 0 Å². The van der Waals surface area contributed by atoms with Gasteiger partial charge in [0.15, 0.2) is 6.61 Å². The van der Waals surface area contributed by atoms with Crippen molar-refractivity contribution in [1.82, 2.24) is 15.1 Å². The summed E-state index contributed by atoms with van der Waals surface area (Å²) in [5, 5.41) is 8.28. The lowest BCUT2D eigenvalue weighted by Gasteiger charge is -2.14. The Bertz CT molecular complexity index is 951. The number of hydrogen-bond acceptors (Lipinski definition) is 7. The van der Waals surface area contributed by atoms with Crippen molar-refractivity contribution < 1.29 is 18.4 Å². The van der Waals surface area contributed by atoms with Gasteiger partial charge in [0, 0.05) is 7.05 Å². The van der Waals surface area contributed by atoms with Crippen molar-refractivity contribution in [2.75, 3.05) is 12.8 Å². The van der Waals surface area contributed by atoms with Gasteiger partial charge in [-0.3, -0.25) is 4.79 Å². The van der Waals surface area contributed by atoms with E-state index in [0.29, 0.717) is 17.7 Å². The Morgan fingerprint density at radius 3 is 2.71 bits per heavy atom. The monoisotopic (exact) mass is 401 g/mol. The van der Waals surface area contributed by atoms with Gasteiger partial charge in [-0.05, 0) is 50.1 Å². The van der Waals surface area contributed by atoms with Crippen LogP contribution in [0.1, 0.15) is 28.5 Å². The Morgan fingerprint density at radius 1 is 1.14 bits per heavy atom. The molecule has 0 spiro atoms. The number of hydrogen-bond donors (Lipinski definition) is 0. The van der Waals surface area contributed by atoms with E-state index in [0.717, 1.165) is 28.4 Å². The maximum absolute atomic E-state index is 12.3. The molecule has 0 atom stereocenters. The number of amides is 1. The van der Waals surface area contributed by atoms with Gasteiger partial charge < -0.3 is 18.5 Å². The zero-order valence-corrected chi connectivity index (χ0v) is 17.2. The van der Waals surface area contributed by atoms with Crippen LogP contribution < -0.4 is 4.74 Å². The summed E-state index contributed by atoms with van der Waals surface area (Å²) in [6.07, 6.45) is 0. The van der Waals surface area contributed by atoms with E-state index in [1.54, 1.807) is 11.9 Å². The Morgan fingerprint density at radius 2 is 1.96 bits per heavy atom. The number of benzene rings is 1. The molecule has 7 nitrogen and oxygen atoms in total. The molecule has 3 rings (SSSR count). The molecule has 0 aliphatic heterocycles. The quantitative estimate of drug-likeness (QED) is 0.529. The zero-order chi connectivity index (χ0) is 20.1. The van der Waals surface area contributed by atoms with Gasteiger partial charge in [-0.1, -0.05) is 23.9 Å². The van der Waals surface area contributed by atoms with Gasteiger partial charge in [0.05, 0.1) is 12.3 Å². The minimum Gasteiger partial charge on any atom is -0.484 e. The molecule has 28 heavy (non-hydrogen) atoms. The maximum Gasteiger partial charge on any atom is 0.277 e. The summed E-state index contributed by atoms with van der Waals surface area (Å²) in [5.74, 6) is 2.89. The summed E-state index contributed by atoms with van der Waals surface area (Å²) < 4.78 is 16.8. The van der Waals surface area contributed by atoms with Crippen LogP contribution in [0.3, 0.4) is 0 Å². The molecule has 0 unspecified atom stereocenters. The molecule has 0 saturated carbocycles. The van der Waals surface area contributed by atoms with Gasteiger partial charge in [0.25, 0.3) is 11.1 Å². The normalized spacial score (nSPS) is 10.9. The van der Waals surface area contributed by atoms with Crippen LogP contribution in [0.25, 0.3) is 0 Å². The standard InChI is InChI=1S/C20H23N3O4S/c1-13-5-6-14(2)17(9-13)25-11-18-21-22-20(27-18)28-12-19(24)23(4)10-16-8-7-15(3)26-16/h5-9H,10-12H2,1-4H3. The highest BCUT2D eigenvalue weighted by Gasteiger charge is 2.15. The van der Waals surface area contributed by atoms with Crippen LogP contribution >= 0.6 is 11.8 Å². The number of ether oxygens (including phenoxy) is 1.